The molecule has 106 valence electrons. The third-order valence-corrected chi connectivity index (χ3v) is 2.98. The molecule has 0 heterocycles. The molecule has 0 aromatic heterocycles. The van der Waals surface area contributed by atoms with Gasteiger partial charge in [0.2, 0.25) is 0 Å². The Hall–Kier alpha value is -1.45. The Morgan fingerprint density at radius 1 is 1.26 bits per heavy atom. The van der Waals surface area contributed by atoms with Gasteiger partial charge in [0.25, 0.3) is 0 Å². The van der Waals surface area contributed by atoms with E-state index < -0.39 is 11.7 Å². The van der Waals surface area contributed by atoms with Crippen molar-refractivity contribution < 1.29 is 17.9 Å². The Labute approximate surface area is 112 Å². The molecule has 0 N–H and O–H groups in total. The van der Waals surface area contributed by atoms with Crippen LogP contribution >= 0.6 is 0 Å². The number of alkyl halides is 3. The monoisotopic (exact) mass is 272 g/mol. The summed E-state index contributed by atoms with van der Waals surface area (Å²) in [6.45, 7) is 3.92. The molecule has 0 amide bonds. The minimum Gasteiger partial charge on any atom is -0.496 e. The quantitative estimate of drug-likeness (QED) is 0.671. The van der Waals surface area contributed by atoms with E-state index in [1.165, 1.54) is 19.2 Å². The van der Waals surface area contributed by atoms with Gasteiger partial charge in [-0.3, -0.25) is 0 Å². The zero-order valence-electron chi connectivity index (χ0n) is 11.4. The molecule has 1 atom stereocenters. The lowest BCUT2D eigenvalue weighted by atomic mass is 9.94. The molecule has 0 spiro atoms. The van der Waals surface area contributed by atoms with E-state index in [2.05, 4.69) is 0 Å². The Kier molecular flexibility index (Phi) is 5.45. The molecule has 1 nitrogen and oxygen atoms in total. The van der Waals surface area contributed by atoms with Crippen LogP contribution in [0.5, 0.6) is 5.75 Å². The van der Waals surface area contributed by atoms with Crippen LogP contribution in [-0.2, 0) is 6.18 Å². The van der Waals surface area contributed by atoms with Crippen molar-refractivity contribution in [1.29, 1.82) is 0 Å². The van der Waals surface area contributed by atoms with Crippen molar-refractivity contribution in [3.63, 3.8) is 0 Å². The lowest BCUT2D eigenvalue weighted by Crippen LogP contribution is -2.07. The van der Waals surface area contributed by atoms with E-state index >= 15 is 0 Å². The van der Waals surface area contributed by atoms with Gasteiger partial charge in [0, 0.05) is 0 Å². The second kappa shape index (κ2) is 6.64. The molecule has 0 aliphatic heterocycles. The van der Waals surface area contributed by atoms with Gasteiger partial charge in [-0.1, -0.05) is 26.0 Å². The van der Waals surface area contributed by atoms with Crippen LogP contribution in [-0.4, -0.2) is 7.11 Å². The first-order valence-corrected chi connectivity index (χ1v) is 6.30. The second-order valence-electron chi connectivity index (χ2n) is 4.47. The fraction of sp³-hybridized carbons (Fsp3) is 0.467. The van der Waals surface area contributed by atoms with Crippen molar-refractivity contribution >= 4 is 0 Å². The third-order valence-electron chi connectivity index (χ3n) is 2.98. The van der Waals surface area contributed by atoms with Crippen LogP contribution in [0.25, 0.3) is 0 Å². The van der Waals surface area contributed by atoms with Crippen LogP contribution in [0.1, 0.15) is 43.7 Å². The van der Waals surface area contributed by atoms with Crippen LogP contribution in [0.3, 0.4) is 0 Å². The minimum absolute atomic E-state index is 0.0138. The normalized spacial score (nSPS) is 13.8. The highest BCUT2D eigenvalue weighted by atomic mass is 19.4. The van der Waals surface area contributed by atoms with Gasteiger partial charge in [-0.05, 0) is 42.5 Å². The van der Waals surface area contributed by atoms with E-state index in [0.29, 0.717) is 17.7 Å². The van der Waals surface area contributed by atoms with Gasteiger partial charge in [0.1, 0.15) is 5.75 Å². The van der Waals surface area contributed by atoms with Crippen molar-refractivity contribution in [2.24, 2.45) is 0 Å². The van der Waals surface area contributed by atoms with Crippen LogP contribution < -0.4 is 4.74 Å². The zero-order chi connectivity index (χ0) is 14.5. The van der Waals surface area contributed by atoms with E-state index in [4.69, 9.17) is 4.74 Å². The summed E-state index contributed by atoms with van der Waals surface area (Å²) in [7, 11) is 1.47. The van der Waals surface area contributed by atoms with Crippen molar-refractivity contribution in [1.82, 2.24) is 0 Å². The van der Waals surface area contributed by atoms with E-state index in [1.54, 1.807) is 0 Å². The first-order chi connectivity index (χ1) is 8.90. The molecule has 1 aromatic rings. The van der Waals surface area contributed by atoms with E-state index in [9.17, 15) is 13.2 Å². The summed E-state index contributed by atoms with van der Waals surface area (Å²) in [5, 5.41) is 0. The topological polar surface area (TPSA) is 9.23 Å². The van der Waals surface area contributed by atoms with Gasteiger partial charge >= 0.3 is 6.18 Å². The fourth-order valence-electron chi connectivity index (χ4n) is 1.89. The molecular formula is C15H19F3O. The Morgan fingerprint density at radius 2 is 1.95 bits per heavy atom. The molecule has 1 rings (SSSR count). The molecule has 0 aliphatic rings. The van der Waals surface area contributed by atoms with Gasteiger partial charge in [-0.15, -0.1) is 0 Å². The Bertz CT molecular complexity index is 436. The highest BCUT2D eigenvalue weighted by Gasteiger charge is 2.31. The van der Waals surface area contributed by atoms with Gasteiger partial charge in [-0.25, -0.2) is 0 Å². The van der Waals surface area contributed by atoms with Crippen LogP contribution in [0.15, 0.2) is 30.4 Å². The molecule has 1 unspecified atom stereocenters. The van der Waals surface area contributed by atoms with Crippen molar-refractivity contribution in [3.8, 4) is 5.75 Å². The number of hydrogen-bond acceptors (Lipinski definition) is 1. The number of allylic oxidation sites excluding steroid dienone is 2. The van der Waals surface area contributed by atoms with Crippen LogP contribution in [0.4, 0.5) is 13.2 Å². The summed E-state index contributed by atoms with van der Waals surface area (Å²) in [4.78, 5) is 0. The number of rotatable bonds is 5. The number of methoxy groups -OCH3 is 1. The molecule has 0 saturated carbocycles. The van der Waals surface area contributed by atoms with Crippen molar-refractivity contribution in [2.75, 3.05) is 7.11 Å². The fourth-order valence-corrected chi connectivity index (χ4v) is 1.89. The van der Waals surface area contributed by atoms with E-state index in [-0.39, 0.29) is 5.92 Å². The maximum Gasteiger partial charge on any atom is 0.416 e. The number of ether oxygens (including phenoxy) is 1. The summed E-state index contributed by atoms with van der Waals surface area (Å²) in [6, 6.07) is 3.62. The maximum atomic E-state index is 12.7. The van der Waals surface area contributed by atoms with Crippen molar-refractivity contribution in [2.45, 2.75) is 38.8 Å². The van der Waals surface area contributed by atoms with Gasteiger partial charge < -0.3 is 4.74 Å². The van der Waals surface area contributed by atoms with Gasteiger partial charge in [-0.2, -0.15) is 13.2 Å². The van der Waals surface area contributed by atoms with Crippen LogP contribution in [0.2, 0.25) is 0 Å². The van der Waals surface area contributed by atoms with Crippen LogP contribution in [0, 0.1) is 0 Å². The Morgan fingerprint density at radius 3 is 2.47 bits per heavy atom. The number of hydrogen-bond donors (Lipinski definition) is 0. The average Bonchev–Trinajstić information content (AvgIpc) is 2.37. The molecule has 19 heavy (non-hydrogen) atoms. The summed E-state index contributed by atoms with van der Waals surface area (Å²) < 4.78 is 43.3. The SMILES string of the molecule is CC/C=C\CC(C)c1cc(C(F)(F)F)ccc1OC. The average molecular weight is 272 g/mol. The molecule has 0 radical (unpaired) electrons. The lowest BCUT2D eigenvalue weighted by Gasteiger charge is -2.17. The van der Waals surface area contributed by atoms with Crippen molar-refractivity contribution in [3.05, 3.63) is 41.5 Å². The molecule has 0 fully saturated rings. The van der Waals surface area contributed by atoms with Gasteiger partial charge in [0.15, 0.2) is 0 Å². The number of benzene rings is 1. The molecule has 1 aromatic carbocycles. The number of halogens is 3. The highest BCUT2D eigenvalue weighted by Crippen LogP contribution is 2.36. The van der Waals surface area contributed by atoms with E-state index in [1.807, 2.05) is 26.0 Å². The molecule has 0 saturated heterocycles. The Balaban J connectivity index is 3.05. The second-order valence-corrected chi connectivity index (χ2v) is 4.47. The van der Waals surface area contributed by atoms with Gasteiger partial charge in [0.05, 0.1) is 12.7 Å². The largest absolute Gasteiger partial charge is 0.496 e. The predicted molar refractivity (Wildman–Crippen MR) is 70.5 cm³/mol. The molecule has 0 bridgehead atoms. The maximum absolute atomic E-state index is 12.7. The summed E-state index contributed by atoms with van der Waals surface area (Å²) in [5.41, 5.74) is -0.0345. The van der Waals surface area contributed by atoms with E-state index in [0.717, 1.165) is 12.5 Å². The predicted octanol–water partition coefficient (Wildman–Crippen LogP) is 5.17. The first-order valence-electron chi connectivity index (χ1n) is 6.30. The molecular weight excluding hydrogens is 253 g/mol. The summed E-state index contributed by atoms with van der Waals surface area (Å²) in [6.07, 6.45) is 1.30. The smallest absolute Gasteiger partial charge is 0.416 e. The lowest BCUT2D eigenvalue weighted by molar-refractivity contribution is -0.137. The highest BCUT2D eigenvalue weighted by molar-refractivity contribution is 5.40. The minimum atomic E-state index is -4.32. The third kappa shape index (κ3) is 4.30. The molecule has 4 heteroatoms. The summed E-state index contributed by atoms with van der Waals surface area (Å²) >= 11 is 0. The standard InChI is InChI=1S/C15H19F3O/c1-4-5-6-7-11(2)13-10-12(15(16,17)18)8-9-14(13)19-3/h5-6,8-11H,4,7H2,1-3H3/b6-5-. The molecule has 0 aliphatic carbocycles. The zero-order valence-corrected chi connectivity index (χ0v) is 11.4. The summed E-state index contributed by atoms with van der Waals surface area (Å²) in [5.74, 6) is 0.491. The first kappa shape index (κ1) is 15.6.